The van der Waals surface area contributed by atoms with Crippen LogP contribution in [0.15, 0.2) is 42.0 Å². The largest absolute Gasteiger partial charge is 0.494 e. The van der Waals surface area contributed by atoms with E-state index in [2.05, 4.69) is 20.7 Å². The number of benzene rings is 1. The van der Waals surface area contributed by atoms with Gasteiger partial charge in [-0.05, 0) is 36.8 Å². The molecule has 7 nitrogen and oxygen atoms in total. The number of nitrogens with one attached hydrogen (secondary N) is 2. The summed E-state index contributed by atoms with van der Waals surface area (Å²) in [7, 11) is 1.89. The first-order chi connectivity index (χ1) is 13.6. The molecule has 0 saturated carbocycles. The lowest BCUT2D eigenvalue weighted by molar-refractivity contribution is -0.119. The number of carbonyl (C=O) groups excluding carboxylic acids is 1. The number of anilines is 1. The summed E-state index contributed by atoms with van der Waals surface area (Å²) in [6, 6.07) is 7.81. The third kappa shape index (κ3) is 4.77. The Kier molecular flexibility index (Phi) is 6.89. The summed E-state index contributed by atoms with van der Waals surface area (Å²) < 4.78 is 7.24. The Morgan fingerprint density at radius 3 is 2.83 bits per heavy atom. The molecule has 154 valence electrons. The molecular formula is C20H24ClN5O2S. The van der Waals surface area contributed by atoms with E-state index in [1.807, 2.05) is 56.0 Å². The molecular weight excluding hydrogens is 410 g/mol. The van der Waals surface area contributed by atoms with Gasteiger partial charge in [0.15, 0.2) is 5.13 Å². The van der Waals surface area contributed by atoms with Crippen LogP contribution in [0.3, 0.4) is 0 Å². The number of thiazole rings is 1. The SMILES string of the molecule is CCOc1ccc(-c2csc(NC(=O)[C@H]3CNC[C@@H]3c3cnn(C)c3)n2)cc1.Cl. The second kappa shape index (κ2) is 9.39. The van der Waals surface area contributed by atoms with E-state index in [1.165, 1.54) is 11.3 Å². The molecule has 1 fully saturated rings. The summed E-state index contributed by atoms with van der Waals surface area (Å²) in [6.45, 7) is 4.03. The van der Waals surface area contributed by atoms with Crippen molar-refractivity contribution in [2.45, 2.75) is 12.8 Å². The third-order valence-corrected chi connectivity index (χ3v) is 5.66. The van der Waals surface area contributed by atoms with Gasteiger partial charge in [-0.1, -0.05) is 0 Å². The highest BCUT2D eigenvalue weighted by Gasteiger charge is 2.35. The van der Waals surface area contributed by atoms with Crippen molar-refractivity contribution in [3.05, 3.63) is 47.6 Å². The molecule has 0 radical (unpaired) electrons. The number of rotatable bonds is 6. The molecule has 4 rings (SSSR count). The van der Waals surface area contributed by atoms with Gasteiger partial charge in [0.05, 0.1) is 24.4 Å². The van der Waals surface area contributed by atoms with Crippen LogP contribution >= 0.6 is 23.7 Å². The number of nitrogens with zero attached hydrogens (tertiary/aromatic N) is 3. The molecule has 0 unspecified atom stereocenters. The monoisotopic (exact) mass is 433 g/mol. The minimum Gasteiger partial charge on any atom is -0.494 e. The third-order valence-electron chi connectivity index (χ3n) is 4.90. The van der Waals surface area contributed by atoms with Crippen molar-refractivity contribution in [1.29, 1.82) is 0 Å². The van der Waals surface area contributed by atoms with Crippen molar-refractivity contribution in [2.24, 2.45) is 13.0 Å². The van der Waals surface area contributed by atoms with Gasteiger partial charge in [0.1, 0.15) is 5.75 Å². The molecule has 2 atom stereocenters. The van der Waals surface area contributed by atoms with Crippen LogP contribution in [0.4, 0.5) is 5.13 Å². The van der Waals surface area contributed by atoms with Gasteiger partial charge in [-0.25, -0.2) is 4.98 Å². The van der Waals surface area contributed by atoms with E-state index in [-0.39, 0.29) is 30.2 Å². The first kappa shape index (κ1) is 21.3. The molecule has 1 aromatic carbocycles. The van der Waals surface area contributed by atoms with Gasteiger partial charge >= 0.3 is 0 Å². The fourth-order valence-electron chi connectivity index (χ4n) is 3.49. The van der Waals surface area contributed by atoms with E-state index < -0.39 is 0 Å². The molecule has 1 aliphatic heterocycles. The van der Waals surface area contributed by atoms with Gasteiger partial charge in [0.2, 0.25) is 5.91 Å². The van der Waals surface area contributed by atoms with Crippen LogP contribution in [0.1, 0.15) is 18.4 Å². The maximum atomic E-state index is 12.8. The predicted octanol–water partition coefficient (Wildman–Crippen LogP) is 3.31. The highest BCUT2D eigenvalue weighted by atomic mass is 35.5. The lowest BCUT2D eigenvalue weighted by Gasteiger charge is -2.15. The van der Waals surface area contributed by atoms with E-state index >= 15 is 0 Å². The van der Waals surface area contributed by atoms with Gasteiger partial charge in [-0.2, -0.15) is 5.10 Å². The van der Waals surface area contributed by atoms with E-state index in [1.54, 1.807) is 4.68 Å². The van der Waals surface area contributed by atoms with Crippen molar-refractivity contribution in [3.63, 3.8) is 0 Å². The summed E-state index contributed by atoms with van der Waals surface area (Å²) in [6.07, 6.45) is 3.82. The number of aryl methyl sites for hydroxylation is 1. The molecule has 2 aromatic heterocycles. The Morgan fingerprint density at radius 2 is 2.14 bits per heavy atom. The molecule has 3 heterocycles. The molecule has 0 aliphatic carbocycles. The van der Waals surface area contributed by atoms with Crippen LogP contribution < -0.4 is 15.4 Å². The van der Waals surface area contributed by atoms with Gasteiger partial charge in [0.25, 0.3) is 0 Å². The molecule has 29 heavy (non-hydrogen) atoms. The number of halogens is 1. The van der Waals surface area contributed by atoms with Crippen molar-refractivity contribution >= 4 is 34.8 Å². The summed E-state index contributed by atoms with van der Waals surface area (Å²) in [5, 5.41) is 13.1. The van der Waals surface area contributed by atoms with Crippen LogP contribution in [-0.4, -0.2) is 40.4 Å². The zero-order valence-electron chi connectivity index (χ0n) is 16.3. The number of aromatic nitrogens is 3. The molecule has 1 saturated heterocycles. The van der Waals surface area contributed by atoms with E-state index in [4.69, 9.17) is 4.74 Å². The molecule has 1 aliphatic rings. The van der Waals surface area contributed by atoms with Crippen LogP contribution in [0.2, 0.25) is 0 Å². The summed E-state index contributed by atoms with van der Waals surface area (Å²) in [5.41, 5.74) is 2.93. The maximum absolute atomic E-state index is 12.8. The van der Waals surface area contributed by atoms with E-state index in [0.717, 1.165) is 29.1 Å². The standard InChI is InChI=1S/C20H23N5O2S.ClH/c1-3-27-15-6-4-13(5-7-15)18-12-28-20(23-18)24-19(26)17-10-21-9-16(17)14-8-22-25(2)11-14;/h4-8,11-12,16-17,21H,3,9-10H2,1-2H3,(H,23,24,26);1H/t16-,17+;/m1./s1. The molecule has 1 amide bonds. The number of carbonyl (C=O) groups is 1. The van der Waals surface area contributed by atoms with E-state index in [0.29, 0.717) is 18.3 Å². The van der Waals surface area contributed by atoms with Crippen molar-refractivity contribution in [3.8, 4) is 17.0 Å². The molecule has 3 aromatic rings. The predicted molar refractivity (Wildman–Crippen MR) is 117 cm³/mol. The highest BCUT2D eigenvalue weighted by Crippen LogP contribution is 2.31. The Morgan fingerprint density at radius 1 is 1.34 bits per heavy atom. The zero-order chi connectivity index (χ0) is 19.5. The Hall–Kier alpha value is -2.42. The number of hydrogen-bond donors (Lipinski definition) is 2. The fraction of sp³-hybridized carbons (Fsp3) is 0.350. The average Bonchev–Trinajstić information content (AvgIpc) is 3.43. The number of hydrogen-bond acceptors (Lipinski definition) is 6. The van der Waals surface area contributed by atoms with Crippen LogP contribution in [0.5, 0.6) is 5.75 Å². The molecule has 2 N–H and O–H groups in total. The van der Waals surface area contributed by atoms with Gasteiger partial charge in [0, 0.05) is 43.2 Å². The lowest BCUT2D eigenvalue weighted by Crippen LogP contribution is -2.28. The second-order valence-electron chi connectivity index (χ2n) is 6.80. The van der Waals surface area contributed by atoms with E-state index in [9.17, 15) is 4.79 Å². The molecule has 9 heteroatoms. The number of amides is 1. The normalized spacial score (nSPS) is 18.3. The van der Waals surface area contributed by atoms with Gasteiger partial charge in [-0.3, -0.25) is 9.48 Å². The summed E-state index contributed by atoms with van der Waals surface area (Å²) in [4.78, 5) is 17.4. The smallest absolute Gasteiger partial charge is 0.231 e. The average molecular weight is 434 g/mol. The Labute approximate surface area is 179 Å². The first-order valence-corrected chi connectivity index (χ1v) is 10.2. The van der Waals surface area contributed by atoms with Crippen LogP contribution in [0.25, 0.3) is 11.3 Å². The Bertz CT molecular complexity index is 956. The van der Waals surface area contributed by atoms with Crippen molar-refractivity contribution in [2.75, 3.05) is 25.0 Å². The van der Waals surface area contributed by atoms with Crippen LogP contribution in [0, 0.1) is 5.92 Å². The zero-order valence-corrected chi connectivity index (χ0v) is 17.9. The highest BCUT2D eigenvalue weighted by molar-refractivity contribution is 7.14. The lowest BCUT2D eigenvalue weighted by atomic mass is 9.90. The maximum Gasteiger partial charge on any atom is 0.231 e. The van der Waals surface area contributed by atoms with Crippen molar-refractivity contribution in [1.82, 2.24) is 20.1 Å². The minimum atomic E-state index is -0.137. The minimum absolute atomic E-state index is 0. The summed E-state index contributed by atoms with van der Waals surface area (Å²) in [5.74, 6) is 0.817. The first-order valence-electron chi connectivity index (χ1n) is 9.33. The Balaban J connectivity index is 0.00000240. The van der Waals surface area contributed by atoms with Gasteiger partial charge < -0.3 is 15.4 Å². The van der Waals surface area contributed by atoms with Crippen LogP contribution in [-0.2, 0) is 11.8 Å². The van der Waals surface area contributed by atoms with Gasteiger partial charge in [-0.15, -0.1) is 23.7 Å². The molecule has 0 bridgehead atoms. The number of ether oxygens (including phenoxy) is 1. The topological polar surface area (TPSA) is 81.1 Å². The van der Waals surface area contributed by atoms with Crippen molar-refractivity contribution < 1.29 is 9.53 Å². The summed E-state index contributed by atoms with van der Waals surface area (Å²) >= 11 is 1.44. The molecule has 0 spiro atoms. The second-order valence-corrected chi connectivity index (χ2v) is 7.66. The fourth-order valence-corrected chi connectivity index (χ4v) is 4.21. The quantitative estimate of drug-likeness (QED) is 0.623.